The van der Waals surface area contributed by atoms with Crippen LogP contribution in [0.1, 0.15) is 0 Å². The van der Waals surface area contributed by atoms with Gasteiger partial charge in [-0.15, -0.1) is 0 Å². The van der Waals surface area contributed by atoms with Crippen LogP contribution in [0.5, 0.6) is 0 Å². The fraction of sp³-hybridized carbons (Fsp3) is 0. The van der Waals surface area contributed by atoms with Crippen LogP contribution in [0.15, 0.2) is 0 Å². The average Bonchev–Trinajstić information content (AvgIpc) is 3.49. The SMILES string of the molecule is F[Si-2](F)(F)(F)(F)F.F[Si-2](F)(F)(F)(F)F.F[Si-2](F)(F)(F)(F)F.Nc1n[nH+]c(N)[nH]1.Nc1n[nH+]c(N)[nH]1.Nc1n[nH+]c(N)[nH]1.Nc1n[nH+]c(N)[nH]1.[Cu+].[Cu+]. The van der Waals surface area contributed by atoms with Crippen LogP contribution in [0.2, 0.25) is 0 Å². The van der Waals surface area contributed by atoms with Gasteiger partial charge in [0.2, 0.25) is 0 Å². The molecule has 20 nitrogen and oxygen atoms in total. The van der Waals surface area contributed by atoms with E-state index in [4.69, 9.17) is 45.9 Å². The molecule has 0 aliphatic carbocycles. The molecule has 51 heavy (non-hydrogen) atoms. The van der Waals surface area contributed by atoms with E-state index in [0.29, 0.717) is 47.6 Å². The number of hydrogen-bond acceptors (Lipinski definition) is 12. The molecule has 0 spiro atoms. The van der Waals surface area contributed by atoms with Gasteiger partial charge in [-0.1, -0.05) is 20.4 Å². The average molecular weight is 954 g/mol. The molecule has 4 rings (SSSR count). The number of aromatic nitrogens is 12. The molecule has 316 valence electrons. The number of nitrogen functional groups attached to an aromatic ring is 8. The van der Waals surface area contributed by atoms with Crippen molar-refractivity contribution >= 4 is 73.5 Å². The molecular formula is C8H24Cu2F18N20Si3. The minimum absolute atomic E-state index is 0. The molecule has 0 aliphatic rings. The van der Waals surface area contributed by atoms with Crippen molar-refractivity contribution in [3.05, 3.63) is 0 Å². The third-order valence-electron chi connectivity index (χ3n) is 2.24. The van der Waals surface area contributed by atoms with Crippen molar-refractivity contribution in [1.82, 2.24) is 40.3 Å². The molecule has 0 unspecified atom stereocenters. The first-order valence-corrected chi connectivity index (χ1v) is 17.3. The number of halogens is 18. The Morgan fingerprint density at radius 1 is 0.314 bits per heavy atom. The standard InChI is InChI=1S/4C2H5N5.2Cu.3F6Si/c4*3-1-5-2(4)7-6-1;;;3*1-7(2,3,4,5)6/h4*(H5,3,4,5,6,7);;;;;/q;;;;2*+1;3*-2/p+4. The van der Waals surface area contributed by atoms with E-state index in [9.17, 15) is 73.9 Å². The predicted octanol–water partition coefficient (Wildman–Crippen LogP) is -0.0310. The van der Waals surface area contributed by atoms with Crippen LogP contribution >= 0.6 is 0 Å². The minimum Gasteiger partial charge on any atom is -0.354 e. The number of anilines is 8. The third kappa shape index (κ3) is 86.7. The Labute approximate surface area is 288 Å². The number of nitrogens with two attached hydrogens (primary N) is 8. The molecule has 24 N–H and O–H groups in total. The van der Waals surface area contributed by atoms with E-state index in [1.54, 1.807) is 0 Å². The first kappa shape index (κ1) is 55.8. The summed E-state index contributed by atoms with van der Waals surface area (Å²) in [7, 11) is -32.5. The zero-order valence-electron chi connectivity index (χ0n) is 23.3. The smallest absolute Gasteiger partial charge is 0.354 e. The fourth-order valence-electron chi connectivity index (χ4n) is 1.26. The van der Waals surface area contributed by atoms with Crippen molar-refractivity contribution in [1.29, 1.82) is 0 Å². The summed E-state index contributed by atoms with van der Waals surface area (Å²) in [6, 6.07) is 0. The fourth-order valence-corrected chi connectivity index (χ4v) is 1.26. The van der Waals surface area contributed by atoms with Gasteiger partial charge < -0.3 is 22.9 Å². The Kier molecular flexibility index (Phi) is 16.8. The molecule has 0 atom stereocenters. The molecule has 4 aromatic heterocycles. The van der Waals surface area contributed by atoms with Crippen molar-refractivity contribution < 1.29 is 128 Å². The van der Waals surface area contributed by atoms with E-state index in [2.05, 4.69) is 60.7 Å². The molecule has 0 aromatic carbocycles. The third-order valence-corrected chi connectivity index (χ3v) is 2.24. The van der Waals surface area contributed by atoms with E-state index in [1.807, 2.05) is 0 Å². The predicted molar refractivity (Wildman–Crippen MR) is 133 cm³/mol. The normalized spacial score (nSPS) is 14.5. The van der Waals surface area contributed by atoms with Crippen molar-refractivity contribution in [2.45, 2.75) is 0 Å². The minimum atomic E-state index is -10.8. The van der Waals surface area contributed by atoms with Crippen LogP contribution in [0.25, 0.3) is 0 Å². The van der Waals surface area contributed by atoms with Gasteiger partial charge in [0.15, 0.2) is 0 Å². The second-order valence-electron chi connectivity index (χ2n) is 7.80. The summed E-state index contributed by atoms with van der Waals surface area (Å²) in [5, 5.41) is 23.6. The second kappa shape index (κ2) is 15.3. The maximum Gasteiger partial charge on any atom is 1.00 e. The molecule has 0 radical (unpaired) electrons. The molecule has 0 aliphatic heterocycles. The maximum atomic E-state index is 9.88. The zero-order valence-corrected chi connectivity index (χ0v) is 28.2. The summed E-state index contributed by atoms with van der Waals surface area (Å²) in [6.07, 6.45) is 0. The number of rotatable bonds is 0. The number of nitrogens with one attached hydrogen (secondary N) is 8. The number of aromatic amines is 8. The largest absolute Gasteiger partial charge is 1.00 e. The number of nitrogens with zero attached hydrogens (tertiary/aromatic N) is 4. The second-order valence-corrected chi connectivity index (χ2v) is 14.2. The van der Waals surface area contributed by atoms with Gasteiger partial charge in [0, 0.05) is 0 Å². The van der Waals surface area contributed by atoms with Crippen molar-refractivity contribution in [2.75, 3.05) is 45.9 Å². The van der Waals surface area contributed by atoms with Crippen molar-refractivity contribution in [3.8, 4) is 0 Å². The Morgan fingerprint density at radius 3 is 0.431 bits per heavy atom. The van der Waals surface area contributed by atoms with E-state index in [0.717, 1.165) is 0 Å². The first-order chi connectivity index (χ1) is 20.5. The van der Waals surface area contributed by atoms with E-state index in [1.165, 1.54) is 0 Å². The van der Waals surface area contributed by atoms with Crippen LogP contribution in [0.4, 0.5) is 122 Å². The van der Waals surface area contributed by atoms with Gasteiger partial charge in [-0.2, -0.15) is 20.4 Å². The quantitative estimate of drug-likeness (QED) is 0.0628. The van der Waals surface area contributed by atoms with Gasteiger partial charge in [-0.25, -0.2) is 19.9 Å². The van der Waals surface area contributed by atoms with Crippen molar-refractivity contribution in [3.63, 3.8) is 0 Å². The van der Waals surface area contributed by atoms with Gasteiger partial charge in [-0.3, -0.25) is 22.9 Å². The molecule has 0 bridgehead atoms. The number of hydrogen-bond donors (Lipinski definition) is 12. The Hall–Kier alpha value is -4.61. The molecule has 4 aromatic rings. The van der Waals surface area contributed by atoms with Crippen LogP contribution in [0, 0.1) is 0 Å². The van der Waals surface area contributed by atoms with Gasteiger partial charge in [0.1, 0.15) is 0 Å². The van der Waals surface area contributed by atoms with Gasteiger partial charge >= 0.3 is 158 Å². The summed E-state index contributed by atoms with van der Waals surface area (Å²) >= 11 is 0. The Balaban J connectivity index is -0.000000160. The summed E-state index contributed by atoms with van der Waals surface area (Å²) in [5.74, 6) is 2.70. The number of H-pyrrole nitrogens is 8. The Morgan fingerprint density at radius 2 is 0.412 bits per heavy atom. The van der Waals surface area contributed by atoms with Gasteiger partial charge in [0.25, 0.3) is 23.8 Å². The molecule has 0 amide bonds. The summed E-state index contributed by atoms with van der Waals surface area (Å²) in [6.45, 7) is 0. The molecule has 4 heterocycles. The molecule has 0 fully saturated rings. The maximum absolute atomic E-state index is 10.8. The topological polar surface area (TPSA) is 379 Å². The van der Waals surface area contributed by atoms with Gasteiger partial charge in [0.05, 0.1) is 0 Å². The van der Waals surface area contributed by atoms with E-state index in [-0.39, 0.29) is 34.1 Å². The summed E-state index contributed by atoms with van der Waals surface area (Å²) < 4.78 is 178. The van der Waals surface area contributed by atoms with Crippen molar-refractivity contribution in [2.24, 2.45) is 0 Å². The van der Waals surface area contributed by atoms with Crippen LogP contribution in [-0.4, -0.2) is 66.2 Å². The molecule has 0 saturated heterocycles. The Bertz CT molecular complexity index is 1260. The van der Waals surface area contributed by atoms with E-state index >= 15 is 0 Å². The molecule has 43 heteroatoms. The summed E-state index contributed by atoms with van der Waals surface area (Å²) in [4.78, 5) is 10.1. The zero-order chi connectivity index (χ0) is 40.3. The van der Waals surface area contributed by atoms with Crippen LogP contribution in [-0.2, 0) is 34.1 Å². The molecular weight excluding hydrogens is 930 g/mol. The van der Waals surface area contributed by atoms with Gasteiger partial charge in [-0.05, 0) is 0 Å². The van der Waals surface area contributed by atoms with Crippen LogP contribution in [0.3, 0.4) is 0 Å². The van der Waals surface area contributed by atoms with E-state index < -0.39 is 25.9 Å². The summed E-state index contributed by atoms with van der Waals surface area (Å²) in [5.41, 5.74) is 40.9. The van der Waals surface area contributed by atoms with Crippen LogP contribution < -0.4 is 66.3 Å². The molecule has 0 saturated carbocycles. The first-order valence-electron chi connectivity index (χ1n) is 10.5. The monoisotopic (exact) mass is 952 g/mol.